The molecule has 5 nitrogen and oxygen atoms in total. The van der Waals surface area contributed by atoms with Crippen molar-refractivity contribution in [1.82, 2.24) is 4.90 Å². The zero-order valence-corrected chi connectivity index (χ0v) is 11.8. The van der Waals surface area contributed by atoms with Crippen molar-refractivity contribution in [3.05, 3.63) is 23.2 Å². The first-order valence-corrected chi connectivity index (χ1v) is 6.62. The summed E-state index contributed by atoms with van der Waals surface area (Å²) in [7, 11) is 0. The van der Waals surface area contributed by atoms with Gasteiger partial charge in [-0.05, 0) is 31.2 Å². The van der Waals surface area contributed by atoms with E-state index in [0.29, 0.717) is 22.9 Å². The van der Waals surface area contributed by atoms with Crippen LogP contribution in [0.4, 0.5) is 11.4 Å². The topological polar surface area (TPSA) is 78.6 Å². The van der Waals surface area contributed by atoms with Gasteiger partial charge in [-0.15, -0.1) is 0 Å². The summed E-state index contributed by atoms with van der Waals surface area (Å²) in [5.41, 5.74) is 6.70. The number of carbonyl (C=O) groups is 1. The van der Waals surface area contributed by atoms with E-state index in [9.17, 15) is 4.79 Å². The molecule has 19 heavy (non-hydrogen) atoms. The fourth-order valence-corrected chi connectivity index (χ4v) is 1.92. The Hall–Kier alpha value is -1.30. The number of nitrogens with one attached hydrogen (secondary N) is 1. The summed E-state index contributed by atoms with van der Waals surface area (Å²) in [6, 6.07) is 4.94. The minimum absolute atomic E-state index is 0.0340. The standard InChI is InChI=1S/C13H20ClN3O2/c1-2-5-17(6-7-18)9-13(19)16-12-8-10(15)3-4-11(12)14/h3-4,8,18H,2,5-7,9,15H2,1H3,(H,16,19). The Kier molecular flexibility index (Phi) is 6.62. The van der Waals surface area contributed by atoms with E-state index in [-0.39, 0.29) is 19.1 Å². The van der Waals surface area contributed by atoms with Gasteiger partial charge < -0.3 is 16.2 Å². The van der Waals surface area contributed by atoms with Crippen molar-refractivity contribution in [2.45, 2.75) is 13.3 Å². The van der Waals surface area contributed by atoms with Crippen LogP contribution in [0.1, 0.15) is 13.3 Å². The van der Waals surface area contributed by atoms with E-state index in [2.05, 4.69) is 5.32 Å². The van der Waals surface area contributed by atoms with Gasteiger partial charge in [0.25, 0.3) is 0 Å². The highest BCUT2D eigenvalue weighted by Crippen LogP contribution is 2.23. The number of hydrogen-bond donors (Lipinski definition) is 3. The number of amides is 1. The molecule has 0 saturated heterocycles. The molecule has 1 rings (SSSR count). The number of aliphatic hydroxyl groups is 1. The van der Waals surface area contributed by atoms with Crippen molar-refractivity contribution in [2.24, 2.45) is 0 Å². The number of aliphatic hydroxyl groups excluding tert-OH is 1. The number of nitrogens with two attached hydrogens (primary N) is 1. The highest BCUT2D eigenvalue weighted by molar-refractivity contribution is 6.33. The Morgan fingerprint density at radius 3 is 2.84 bits per heavy atom. The zero-order chi connectivity index (χ0) is 14.3. The molecular weight excluding hydrogens is 266 g/mol. The third kappa shape index (κ3) is 5.46. The van der Waals surface area contributed by atoms with E-state index in [1.165, 1.54) is 0 Å². The Morgan fingerprint density at radius 2 is 2.21 bits per heavy atom. The second-order valence-corrected chi connectivity index (χ2v) is 4.69. The van der Waals surface area contributed by atoms with E-state index in [4.69, 9.17) is 22.4 Å². The van der Waals surface area contributed by atoms with Gasteiger partial charge in [0.05, 0.1) is 23.9 Å². The summed E-state index contributed by atoms with van der Waals surface area (Å²) in [5.74, 6) is -0.172. The maximum atomic E-state index is 11.9. The van der Waals surface area contributed by atoms with E-state index >= 15 is 0 Å². The van der Waals surface area contributed by atoms with Gasteiger partial charge in [0.15, 0.2) is 0 Å². The van der Waals surface area contributed by atoms with Crippen LogP contribution in [0.2, 0.25) is 5.02 Å². The average molecular weight is 286 g/mol. The number of rotatable bonds is 7. The molecule has 0 aromatic heterocycles. The first kappa shape index (κ1) is 15.8. The van der Waals surface area contributed by atoms with Crippen LogP contribution in [-0.2, 0) is 4.79 Å². The number of halogens is 1. The molecule has 0 spiro atoms. The van der Waals surface area contributed by atoms with Crippen LogP contribution >= 0.6 is 11.6 Å². The maximum absolute atomic E-state index is 11.9. The van der Waals surface area contributed by atoms with Crippen molar-refractivity contribution in [3.63, 3.8) is 0 Å². The predicted molar refractivity (Wildman–Crippen MR) is 78.3 cm³/mol. The first-order valence-electron chi connectivity index (χ1n) is 6.25. The lowest BCUT2D eigenvalue weighted by molar-refractivity contribution is -0.117. The Morgan fingerprint density at radius 1 is 1.47 bits per heavy atom. The van der Waals surface area contributed by atoms with Crippen molar-refractivity contribution < 1.29 is 9.90 Å². The monoisotopic (exact) mass is 285 g/mol. The summed E-state index contributed by atoms with van der Waals surface area (Å²) in [4.78, 5) is 13.8. The van der Waals surface area contributed by atoms with Crippen LogP contribution in [-0.4, -0.2) is 42.2 Å². The van der Waals surface area contributed by atoms with Crippen LogP contribution in [0.5, 0.6) is 0 Å². The maximum Gasteiger partial charge on any atom is 0.238 e. The van der Waals surface area contributed by atoms with E-state index < -0.39 is 0 Å². The molecule has 0 aliphatic rings. The van der Waals surface area contributed by atoms with Crippen molar-refractivity contribution in [1.29, 1.82) is 0 Å². The number of carbonyl (C=O) groups excluding carboxylic acids is 1. The van der Waals surface area contributed by atoms with Gasteiger partial charge >= 0.3 is 0 Å². The minimum atomic E-state index is -0.172. The molecule has 0 atom stereocenters. The largest absolute Gasteiger partial charge is 0.399 e. The molecule has 0 fully saturated rings. The Bertz CT molecular complexity index is 420. The lowest BCUT2D eigenvalue weighted by Crippen LogP contribution is -2.35. The molecule has 0 heterocycles. The summed E-state index contributed by atoms with van der Waals surface area (Å²) in [6.07, 6.45) is 0.923. The molecule has 0 bridgehead atoms. The molecular formula is C13H20ClN3O2. The number of hydrogen-bond acceptors (Lipinski definition) is 4. The van der Waals surface area contributed by atoms with Crippen LogP contribution in [0.3, 0.4) is 0 Å². The summed E-state index contributed by atoms with van der Waals surface area (Å²) in [5, 5.41) is 12.1. The Labute approximate surface area is 118 Å². The number of anilines is 2. The molecule has 0 unspecified atom stereocenters. The average Bonchev–Trinajstić information content (AvgIpc) is 2.34. The molecule has 1 aromatic rings. The Balaban J connectivity index is 2.60. The van der Waals surface area contributed by atoms with Crippen LogP contribution < -0.4 is 11.1 Å². The second kappa shape index (κ2) is 7.99. The minimum Gasteiger partial charge on any atom is -0.399 e. The fourth-order valence-electron chi connectivity index (χ4n) is 1.76. The molecule has 106 valence electrons. The van der Waals surface area contributed by atoms with Gasteiger partial charge in [0.2, 0.25) is 5.91 Å². The zero-order valence-electron chi connectivity index (χ0n) is 11.0. The number of benzene rings is 1. The quantitative estimate of drug-likeness (QED) is 0.665. The predicted octanol–water partition coefficient (Wildman–Crippen LogP) is 1.56. The molecule has 0 aliphatic heterocycles. The summed E-state index contributed by atoms with van der Waals surface area (Å²) >= 11 is 5.98. The van der Waals surface area contributed by atoms with Gasteiger partial charge in [-0.2, -0.15) is 0 Å². The van der Waals surface area contributed by atoms with E-state index in [1.54, 1.807) is 18.2 Å². The first-order chi connectivity index (χ1) is 9.06. The number of nitrogens with zero attached hydrogens (tertiary/aromatic N) is 1. The molecule has 0 radical (unpaired) electrons. The van der Waals surface area contributed by atoms with Crippen molar-refractivity contribution in [3.8, 4) is 0 Å². The summed E-state index contributed by atoms with van der Waals surface area (Å²) in [6.45, 7) is 3.52. The van der Waals surface area contributed by atoms with Gasteiger partial charge in [0, 0.05) is 12.2 Å². The lowest BCUT2D eigenvalue weighted by atomic mass is 10.2. The normalized spacial score (nSPS) is 10.7. The van der Waals surface area contributed by atoms with Crippen molar-refractivity contribution in [2.75, 3.05) is 37.3 Å². The molecule has 6 heteroatoms. The van der Waals surface area contributed by atoms with E-state index in [1.807, 2.05) is 11.8 Å². The van der Waals surface area contributed by atoms with Crippen LogP contribution in [0.25, 0.3) is 0 Å². The summed E-state index contributed by atoms with van der Waals surface area (Å²) < 4.78 is 0. The molecule has 4 N–H and O–H groups in total. The second-order valence-electron chi connectivity index (χ2n) is 4.29. The van der Waals surface area contributed by atoms with Gasteiger partial charge in [-0.1, -0.05) is 18.5 Å². The highest BCUT2D eigenvalue weighted by atomic mass is 35.5. The number of nitrogen functional groups attached to an aromatic ring is 1. The van der Waals surface area contributed by atoms with Crippen molar-refractivity contribution >= 4 is 28.9 Å². The smallest absolute Gasteiger partial charge is 0.238 e. The molecule has 0 saturated carbocycles. The SMILES string of the molecule is CCCN(CCO)CC(=O)Nc1cc(N)ccc1Cl. The van der Waals surface area contributed by atoms with Gasteiger partial charge in [0.1, 0.15) is 0 Å². The van der Waals surface area contributed by atoms with Gasteiger partial charge in [-0.25, -0.2) is 0 Å². The van der Waals surface area contributed by atoms with Crippen LogP contribution in [0.15, 0.2) is 18.2 Å². The fraction of sp³-hybridized carbons (Fsp3) is 0.462. The lowest BCUT2D eigenvalue weighted by Gasteiger charge is -2.20. The van der Waals surface area contributed by atoms with Crippen LogP contribution in [0, 0.1) is 0 Å². The molecule has 1 amide bonds. The molecule has 0 aliphatic carbocycles. The third-order valence-corrected chi connectivity index (χ3v) is 2.92. The van der Waals surface area contributed by atoms with E-state index in [0.717, 1.165) is 13.0 Å². The van der Waals surface area contributed by atoms with Gasteiger partial charge in [-0.3, -0.25) is 9.69 Å². The molecule has 1 aromatic carbocycles. The highest BCUT2D eigenvalue weighted by Gasteiger charge is 2.11. The third-order valence-electron chi connectivity index (χ3n) is 2.59.